The molecule has 10 nitrogen and oxygen atoms in total. The van der Waals surface area contributed by atoms with Crippen LogP contribution in [0.1, 0.15) is 40.3 Å². The van der Waals surface area contributed by atoms with E-state index in [-0.39, 0.29) is 27.5 Å². The Labute approximate surface area is 203 Å². The van der Waals surface area contributed by atoms with Gasteiger partial charge < -0.3 is 15.3 Å². The molecule has 0 bridgehead atoms. The van der Waals surface area contributed by atoms with Crippen LogP contribution in [0.2, 0.25) is 5.15 Å². The van der Waals surface area contributed by atoms with E-state index in [1.165, 1.54) is 28.8 Å². The average Bonchev–Trinajstić information content (AvgIpc) is 3.39. The number of aryl methyl sites for hydroxylation is 1. The Morgan fingerprint density at radius 3 is 2.71 bits per heavy atom. The van der Waals surface area contributed by atoms with E-state index < -0.39 is 17.8 Å². The van der Waals surface area contributed by atoms with Gasteiger partial charge in [0.2, 0.25) is 5.95 Å². The second-order valence-corrected chi connectivity index (χ2v) is 8.85. The van der Waals surface area contributed by atoms with Gasteiger partial charge in [-0.15, -0.1) is 0 Å². The molecule has 12 heteroatoms. The summed E-state index contributed by atoms with van der Waals surface area (Å²) in [6.07, 6.45) is 1.79. The van der Waals surface area contributed by atoms with Gasteiger partial charge in [0.1, 0.15) is 11.0 Å². The zero-order valence-corrected chi connectivity index (χ0v) is 19.8. The molecule has 0 fully saturated rings. The van der Waals surface area contributed by atoms with Gasteiger partial charge >= 0.3 is 5.97 Å². The normalized spacial score (nSPS) is 13.8. The van der Waals surface area contributed by atoms with Crippen molar-refractivity contribution in [2.45, 2.75) is 26.1 Å². The molecule has 1 aliphatic rings. The first kappa shape index (κ1) is 22.8. The summed E-state index contributed by atoms with van der Waals surface area (Å²) in [7, 11) is 3.47. The van der Waals surface area contributed by atoms with Crippen LogP contribution in [0, 0.1) is 5.82 Å². The van der Waals surface area contributed by atoms with Crippen molar-refractivity contribution in [1.29, 1.82) is 0 Å². The summed E-state index contributed by atoms with van der Waals surface area (Å²) >= 11 is 5.85. The summed E-state index contributed by atoms with van der Waals surface area (Å²) < 4.78 is 17.8. The van der Waals surface area contributed by atoms with E-state index >= 15 is 0 Å². The number of anilines is 2. The molecule has 0 amide bonds. The van der Waals surface area contributed by atoms with Crippen LogP contribution in [0.15, 0.2) is 35.3 Å². The number of hydrogen-bond acceptors (Lipinski definition) is 7. The maximum Gasteiger partial charge on any atom is 0.356 e. The molecule has 2 N–H and O–H groups in total. The highest BCUT2D eigenvalue weighted by molar-refractivity contribution is 6.29. The minimum absolute atomic E-state index is 0.0356. The van der Waals surface area contributed by atoms with Crippen molar-refractivity contribution < 1.29 is 14.3 Å². The van der Waals surface area contributed by atoms with Crippen LogP contribution < -0.4 is 15.8 Å². The summed E-state index contributed by atoms with van der Waals surface area (Å²) in [6.45, 7) is 2.79. The third-order valence-electron chi connectivity index (χ3n) is 6.19. The number of hydrogen-bond donors (Lipinski definition) is 2. The molecule has 1 aromatic carbocycles. The molecular weight excluding hydrogens is 477 g/mol. The number of nitrogens with one attached hydrogen (secondary N) is 1. The number of carboxylic acids is 1. The van der Waals surface area contributed by atoms with Gasteiger partial charge in [-0.1, -0.05) is 11.6 Å². The Kier molecular flexibility index (Phi) is 5.43. The smallest absolute Gasteiger partial charge is 0.356 e. The second-order valence-electron chi connectivity index (χ2n) is 8.46. The number of carbonyl (C=O) groups is 1. The molecule has 4 heterocycles. The first-order chi connectivity index (χ1) is 16.6. The maximum absolute atomic E-state index is 14.6. The molecule has 1 aliphatic heterocycles. The monoisotopic (exact) mass is 497 g/mol. The molecular formula is C23H21ClFN7O3. The number of aromatic nitrogens is 5. The standard InChI is InChI=1S/C23H21ClFN7O3/c1-11(27-16-4-5-18(24)28-20(16)22(34)35)14-6-13(25)7-15-19(14)29-23(30(2)21(15)33)32-9-12-8-26-31(3)17(12)10-32/h4-8,11,27H,9-10H2,1-3H3,(H,34,35)/t11-/m1/s1. The summed E-state index contributed by atoms with van der Waals surface area (Å²) in [5.74, 6) is -1.41. The summed E-state index contributed by atoms with van der Waals surface area (Å²) in [5.41, 5.74) is 2.38. The first-order valence-electron chi connectivity index (χ1n) is 10.7. The molecule has 3 aromatic heterocycles. The Hall–Kier alpha value is -3.99. The van der Waals surface area contributed by atoms with Crippen molar-refractivity contribution in [3.8, 4) is 0 Å². The quantitative estimate of drug-likeness (QED) is 0.403. The largest absolute Gasteiger partial charge is 0.476 e. The number of aromatic carboxylic acids is 1. The SMILES string of the molecule is C[C@@H](Nc1ccc(Cl)nc1C(=O)O)c1cc(F)cc2c(=O)n(C)c(N3Cc4cnn(C)c4C3)nc12. The third-order valence-corrected chi connectivity index (χ3v) is 6.40. The molecule has 5 rings (SSSR count). The van der Waals surface area contributed by atoms with Crippen molar-refractivity contribution in [2.75, 3.05) is 10.2 Å². The van der Waals surface area contributed by atoms with E-state index in [9.17, 15) is 19.1 Å². The van der Waals surface area contributed by atoms with Gasteiger partial charge in [0.15, 0.2) is 5.69 Å². The van der Waals surface area contributed by atoms with E-state index in [0.717, 1.165) is 11.3 Å². The van der Waals surface area contributed by atoms with E-state index in [4.69, 9.17) is 16.6 Å². The van der Waals surface area contributed by atoms with Crippen LogP contribution in [-0.2, 0) is 27.2 Å². The zero-order valence-electron chi connectivity index (χ0n) is 19.1. The van der Waals surface area contributed by atoms with Crippen LogP contribution in [0.25, 0.3) is 10.9 Å². The lowest BCUT2D eigenvalue weighted by molar-refractivity contribution is 0.0691. The minimum atomic E-state index is -1.26. The van der Waals surface area contributed by atoms with Crippen LogP contribution in [0.5, 0.6) is 0 Å². The summed E-state index contributed by atoms with van der Waals surface area (Å²) in [4.78, 5) is 35.5. The van der Waals surface area contributed by atoms with Gasteiger partial charge in [0, 0.05) is 31.8 Å². The van der Waals surface area contributed by atoms with Crippen molar-refractivity contribution >= 4 is 40.1 Å². The fourth-order valence-electron chi connectivity index (χ4n) is 4.42. The summed E-state index contributed by atoms with van der Waals surface area (Å²) in [5, 5.41) is 17.0. The average molecular weight is 498 g/mol. The zero-order chi connectivity index (χ0) is 25.0. The number of halogens is 2. The van der Waals surface area contributed by atoms with Gasteiger partial charge in [-0.3, -0.25) is 14.0 Å². The molecule has 0 saturated heterocycles. The third kappa shape index (κ3) is 3.87. The van der Waals surface area contributed by atoms with Crippen LogP contribution in [0.3, 0.4) is 0 Å². The number of benzene rings is 1. The van der Waals surface area contributed by atoms with Crippen LogP contribution in [0.4, 0.5) is 16.0 Å². The Bertz CT molecular complexity index is 1570. The van der Waals surface area contributed by atoms with Crippen molar-refractivity contribution in [3.05, 3.63) is 74.3 Å². The molecule has 1 atom stereocenters. The molecule has 180 valence electrons. The van der Waals surface area contributed by atoms with E-state index in [0.29, 0.717) is 30.1 Å². The minimum Gasteiger partial charge on any atom is -0.476 e. The Balaban J connectivity index is 1.60. The lowest BCUT2D eigenvalue weighted by atomic mass is 10.0. The van der Waals surface area contributed by atoms with Crippen molar-refractivity contribution in [3.63, 3.8) is 0 Å². The highest BCUT2D eigenvalue weighted by atomic mass is 35.5. The predicted molar refractivity (Wildman–Crippen MR) is 128 cm³/mol. The lowest BCUT2D eigenvalue weighted by Gasteiger charge is -2.23. The van der Waals surface area contributed by atoms with Gasteiger partial charge in [-0.2, -0.15) is 5.10 Å². The highest BCUT2D eigenvalue weighted by Gasteiger charge is 2.27. The van der Waals surface area contributed by atoms with Gasteiger partial charge in [0.05, 0.1) is 41.1 Å². The van der Waals surface area contributed by atoms with Gasteiger partial charge in [0.25, 0.3) is 5.56 Å². The Morgan fingerprint density at radius 1 is 1.23 bits per heavy atom. The van der Waals surface area contributed by atoms with Crippen LogP contribution >= 0.6 is 11.6 Å². The number of fused-ring (bicyclic) bond motifs is 2. The molecule has 0 aliphatic carbocycles. The number of nitrogens with zero attached hydrogens (tertiary/aromatic N) is 6. The van der Waals surface area contributed by atoms with E-state index in [1.54, 1.807) is 24.9 Å². The molecule has 4 aromatic rings. The molecule has 0 spiro atoms. The van der Waals surface area contributed by atoms with E-state index in [1.807, 2.05) is 11.9 Å². The van der Waals surface area contributed by atoms with Gasteiger partial charge in [-0.25, -0.2) is 19.2 Å². The number of pyridine rings is 1. The fourth-order valence-corrected chi connectivity index (χ4v) is 4.57. The fraction of sp³-hybridized carbons (Fsp3) is 0.261. The molecule has 0 radical (unpaired) electrons. The first-order valence-corrected chi connectivity index (χ1v) is 11.1. The lowest BCUT2D eigenvalue weighted by Crippen LogP contribution is -2.29. The Morgan fingerprint density at radius 2 is 2.00 bits per heavy atom. The molecule has 0 unspecified atom stereocenters. The second kappa shape index (κ2) is 8.35. The number of carboxylic acid groups (broad SMARTS) is 1. The number of rotatable bonds is 5. The van der Waals surface area contributed by atoms with Crippen LogP contribution in [-0.4, -0.2) is 35.4 Å². The summed E-state index contributed by atoms with van der Waals surface area (Å²) in [6, 6.07) is 4.80. The van der Waals surface area contributed by atoms with E-state index in [2.05, 4.69) is 15.4 Å². The maximum atomic E-state index is 14.6. The van der Waals surface area contributed by atoms with Gasteiger partial charge in [-0.05, 0) is 31.2 Å². The molecule has 0 saturated carbocycles. The highest BCUT2D eigenvalue weighted by Crippen LogP contribution is 2.31. The predicted octanol–water partition coefficient (Wildman–Crippen LogP) is 3.25. The topological polar surface area (TPSA) is 118 Å². The van der Waals surface area contributed by atoms with Crippen molar-refractivity contribution in [2.24, 2.45) is 14.1 Å². The van der Waals surface area contributed by atoms with Crippen molar-refractivity contribution in [1.82, 2.24) is 24.3 Å². The molecule has 35 heavy (non-hydrogen) atoms.